The molecule has 3 heterocycles. The van der Waals surface area contributed by atoms with E-state index >= 15 is 0 Å². The number of hydrogen-bond acceptors (Lipinski definition) is 8. The molecule has 0 bridgehead atoms. The van der Waals surface area contributed by atoms with Gasteiger partial charge in [-0.1, -0.05) is 0 Å². The minimum absolute atomic E-state index is 0.143. The Morgan fingerprint density at radius 1 is 1.12 bits per heavy atom. The first-order valence-electron chi connectivity index (χ1n) is 11.3. The van der Waals surface area contributed by atoms with Gasteiger partial charge < -0.3 is 29.0 Å². The maximum Gasteiger partial charge on any atom is 0.230 e. The maximum atomic E-state index is 10.4. The van der Waals surface area contributed by atoms with Crippen LogP contribution in [0.1, 0.15) is 5.56 Å². The fourth-order valence-electron chi connectivity index (χ4n) is 4.13. The Bertz CT molecular complexity index is 1290. The number of aromatic amines is 1. The monoisotopic (exact) mass is 464 g/mol. The summed E-state index contributed by atoms with van der Waals surface area (Å²) in [6.07, 6.45) is 2.80. The first-order chi connectivity index (χ1) is 16.6. The van der Waals surface area contributed by atoms with Gasteiger partial charge in [0.15, 0.2) is 11.5 Å². The van der Waals surface area contributed by atoms with Gasteiger partial charge in [0.05, 0.1) is 31.2 Å². The molecule has 0 unspecified atom stereocenters. The van der Waals surface area contributed by atoms with Gasteiger partial charge in [-0.25, -0.2) is 9.97 Å². The highest BCUT2D eigenvalue weighted by molar-refractivity contribution is 5.88. The number of ether oxygens (including phenoxy) is 4. The lowest BCUT2D eigenvalue weighted by atomic mass is 10.2. The van der Waals surface area contributed by atoms with E-state index in [1.54, 1.807) is 19.2 Å². The van der Waals surface area contributed by atoms with Crippen LogP contribution in [0.5, 0.6) is 23.1 Å². The number of aromatic nitrogens is 3. The van der Waals surface area contributed by atoms with Crippen molar-refractivity contribution in [3.63, 3.8) is 0 Å². The molecule has 0 aliphatic carbocycles. The van der Waals surface area contributed by atoms with Crippen LogP contribution in [0.25, 0.3) is 21.8 Å². The van der Waals surface area contributed by atoms with E-state index in [0.717, 1.165) is 29.6 Å². The van der Waals surface area contributed by atoms with Crippen molar-refractivity contribution in [1.29, 1.82) is 0 Å². The second-order valence-electron chi connectivity index (χ2n) is 8.36. The van der Waals surface area contributed by atoms with Crippen molar-refractivity contribution in [3.05, 3.63) is 48.4 Å². The fraction of sp³-hybridized carbons (Fsp3) is 0.360. The molecule has 9 nitrogen and oxygen atoms in total. The van der Waals surface area contributed by atoms with Crippen LogP contribution in [0, 0.1) is 6.92 Å². The molecule has 4 aromatic rings. The standard InChI is InChI=1S/C25H28N4O5/c1-16-12-26-21-4-3-18(9-19(16)21)34-25-20-10-23(31-2)24(11-22(20)27-15-28-25)33-14-17(30)13-29-5-7-32-8-6-29/h3-4,9-12,15,17,26,30H,5-8,13-14H2,1-2H3/t17-/m1/s1. The van der Waals surface area contributed by atoms with Crippen LogP contribution in [0.3, 0.4) is 0 Å². The lowest BCUT2D eigenvalue weighted by Crippen LogP contribution is -2.42. The zero-order valence-electron chi connectivity index (χ0n) is 19.3. The van der Waals surface area contributed by atoms with Crippen molar-refractivity contribution >= 4 is 21.8 Å². The number of aliphatic hydroxyl groups excluding tert-OH is 1. The van der Waals surface area contributed by atoms with Crippen molar-refractivity contribution in [3.8, 4) is 23.1 Å². The number of aryl methyl sites for hydroxylation is 1. The number of morpholine rings is 1. The van der Waals surface area contributed by atoms with Crippen LogP contribution in [0.15, 0.2) is 42.9 Å². The Hall–Kier alpha value is -3.40. The average molecular weight is 465 g/mol. The molecule has 178 valence electrons. The van der Waals surface area contributed by atoms with E-state index in [2.05, 4.69) is 19.9 Å². The summed E-state index contributed by atoms with van der Waals surface area (Å²) < 4.78 is 23.0. The zero-order valence-corrected chi connectivity index (χ0v) is 19.3. The normalized spacial score (nSPS) is 15.5. The van der Waals surface area contributed by atoms with E-state index in [1.807, 2.05) is 31.3 Å². The molecule has 1 aliphatic heterocycles. The topological polar surface area (TPSA) is 102 Å². The molecule has 9 heteroatoms. The van der Waals surface area contributed by atoms with Gasteiger partial charge in [-0.2, -0.15) is 0 Å². The molecule has 2 aromatic carbocycles. The first-order valence-corrected chi connectivity index (χ1v) is 11.3. The molecule has 2 aromatic heterocycles. The summed E-state index contributed by atoms with van der Waals surface area (Å²) in [5, 5.41) is 12.2. The molecule has 2 N–H and O–H groups in total. The van der Waals surface area contributed by atoms with Crippen LogP contribution in [-0.4, -0.2) is 77.6 Å². The molecule has 5 rings (SSSR count). The second-order valence-corrected chi connectivity index (χ2v) is 8.36. The van der Waals surface area contributed by atoms with Gasteiger partial charge >= 0.3 is 0 Å². The smallest absolute Gasteiger partial charge is 0.230 e. The average Bonchev–Trinajstić information content (AvgIpc) is 3.23. The van der Waals surface area contributed by atoms with Crippen LogP contribution in [0.2, 0.25) is 0 Å². The summed E-state index contributed by atoms with van der Waals surface area (Å²) in [5.41, 5.74) is 2.85. The highest BCUT2D eigenvalue weighted by Gasteiger charge is 2.18. The van der Waals surface area contributed by atoms with Gasteiger partial charge in [0.1, 0.15) is 24.8 Å². The van der Waals surface area contributed by atoms with Gasteiger partial charge in [0.2, 0.25) is 5.88 Å². The predicted octanol–water partition coefficient (Wildman–Crippen LogP) is 3.29. The van der Waals surface area contributed by atoms with Crippen molar-refractivity contribution in [1.82, 2.24) is 19.9 Å². The number of hydrogen-bond donors (Lipinski definition) is 2. The quantitative estimate of drug-likeness (QED) is 0.410. The largest absolute Gasteiger partial charge is 0.493 e. The van der Waals surface area contributed by atoms with E-state index in [0.29, 0.717) is 53.8 Å². The van der Waals surface area contributed by atoms with Crippen molar-refractivity contribution in [2.45, 2.75) is 13.0 Å². The summed E-state index contributed by atoms with van der Waals surface area (Å²) in [4.78, 5) is 14.1. The number of benzene rings is 2. The lowest BCUT2D eigenvalue weighted by molar-refractivity contribution is 0.00446. The van der Waals surface area contributed by atoms with Crippen molar-refractivity contribution < 1.29 is 24.1 Å². The zero-order chi connectivity index (χ0) is 23.5. The number of fused-ring (bicyclic) bond motifs is 2. The van der Waals surface area contributed by atoms with Gasteiger partial charge in [0, 0.05) is 42.8 Å². The number of methoxy groups -OCH3 is 1. The maximum absolute atomic E-state index is 10.4. The number of nitrogens with zero attached hydrogens (tertiary/aromatic N) is 3. The van der Waals surface area contributed by atoms with E-state index in [-0.39, 0.29) is 6.61 Å². The number of H-pyrrole nitrogens is 1. The summed E-state index contributed by atoms with van der Waals surface area (Å²) in [7, 11) is 1.57. The molecule has 1 atom stereocenters. The van der Waals surface area contributed by atoms with Crippen molar-refractivity contribution in [2.24, 2.45) is 0 Å². The Morgan fingerprint density at radius 2 is 1.97 bits per heavy atom. The Morgan fingerprint density at radius 3 is 2.79 bits per heavy atom. The van der Waals surface area contributed by atoms with E-state index in [1.165, 1.54) is 6.33 Å². The van der Waals surface area contributed by atoms with Gasteiger partial charge in [-0.05, 0) is 36.8 Å². The van der Waals surface area contributed by atoms with Gasteiger partial charge in [-0.15, -0.1) is 0 Å². The molecular weight excluding hydrogens is 436 g/mol. The third-order valence-corrected chi connectivity index (χ3v) is 5.96. The van der Waals surface area contributed by atoms with Gasteiger partial charge in [-0.3, -0.25) is 4.90 Å². The lowest BCUT2D eigenvalue weighted by Gasteiger charge is -2.28. The summed E-state index contributed by atoms with van der Waals surface area (Å²) in [5.74, 6) is 2.13. The first kappa shape index (κ1) is 22.4. The van der Waals surface area contributed by atoms with Crippen LogP contribution in [-0.2, 0) is 4.74 Å². The Kier molecular flexibility index (Phi) is 6.48. The molecular formula is C25H28N4O5. The molecule has 0 amide bonds. The van der Waals surface area contributed by atoms with E-state index in [9.17, 15) is 5.11 Å². The third-order valence-electron chi connectivity index (χ3n) is 5.96. The highest BCUT2D eigenvalue weighted by atomic mass is 16.5. The molecule has 0 spiro atoms. The Labute approximate surface area is 197 Å². The minimum Gasteiger partial charge on any atom is -0.493 e. The van der Waals surface area contributed by atoms with Crippen LogP contribution >= 0.6 is 0 Å². The van der Waals surface area contributed by atoms with Crippen molar-refractivity contribution in [2.75, 3.05) is 46.6 Å². The molecule has 0 saturated carbocycles. The van der Waals surface area contributed by atoms with E-state index in [4.69, 9.17) is 18.9 Å². The Balaban J connectivity index is 1.35. The molecule has 1 fully saturated rings. The SMILES string of the molecule is COc1cc2c(Oc3ccc4[nH]cc(C)c4c3)ncnc2cc1OC[C@H](O)CN1CCOCC1. The number of nitrogens with one attached hydrogen (secondary N) is 1. The number of aliphatic hydroxyl groups is 1. The molecule has 34 heavy (non-hydrogen) atoms. The predicted molar refractivity (Wildman–Crippen MR) is 128 cm³/mol. The molecule has 0 radical (unpaired) electrons. The highest BCUT2D eigenvalue weighted by Crippen LogP contribution is 2.36. The summed E-state index contributed by atoms with van der Waals surface area (Å²) in [6, 6.07) is 9.45. The number of β-amino-alcohol motifs (C(OH)–C–C–N with tert-alkyl or cyclic N) is 1. The number of rotatable bonds is 8. The summed E-state index contributed by atoms with van der Waals surface area (Å²) >= 11 is 0. The van der Waals surface area contributed by atoms with Crippen LogP contribution < -0.4 is 14.2 Å². The molecule has 1 aliphatic rings. The minimum atomic E-state index is -0.630. The third kappa shape index (κ3) is 4.77. The fourth-order valence-corrected chi connectivity index (χ4v) is 4.13. The van der Waals surface area contributed by atoms with E-state index < -0.39 is 6.10 Å². The summed E-state index contributed by atoms with van der Waals surface area (Å²) in [6.45, 7) is 5.73. The molecule has 1 saturated heterocycles. The second kappa shape index (κ2) is 9.84. The van der Waals surface area contributed by atoms with Crippen LogP contribution in [0.4, 0.5) is 0 Å². The van der Waals surface area contributed by atoms with Gasteiger partial charge in [0.25, 0.3) is 0 Å².